The number of hydrogen-bond donors (Lipinski definition) is 0. The molecule has 4 nitrogen and oxygen atoms in total. The van der Waals surface area contributed by atoms with Crippen molar-refractivity contribution in [2.45, 2.75) is 26.2 Å². The fourth-order valence-corrected chi connectivity index (χ4v) is 4.20. The molecule has 6 heteroatoms. The minimum absolute atomic E-state index is 0.195. The summed E-state index contributed by atoms with van der Waals surface area (Å²) in [7, 11) is 0. The molecule has 26 heavy (non-hydrogen) atoms. The molecule has 0 aromatic heterocycles. The number of carbonyl (C=O) groups excluding carboxylic acids is 1. The maximum Gasteiger partial charge on any atom is 0.143 e. The van der Waals surface area contributed by atoms with E-state index >= 15 is 0 Å². The van der Waals surface area contributed by atoms with Gasteiger partial charge in [-0.05, 0) is 69.9 Å². The number of rotatable bonds is 6. The lowest BCUT2D eigenvalue weighted by Gasteiger charge is -2.37. The maximum absolute atomic E-state index is 13.3. The highest BCUT2D eigenvalue weighted by Gasteiger charge is 2.22. The largest absolute Gasteiger partial charge is 0.369 e. The summed E-state index contributed by atoms with van der Waals surface area (Å²) in [6.45, 7) is 9.55. The Kier molecular flexibility index (Phi) is 6.90. The molecule has 0 N–H and O–H groups in total. The standard InChI is InChI=1S/C20H29ClFN3O/c1-16(26)15-24-8-5-17(6-9-24)4-7-23-10-12-25(13-11-23)18-2-3-20(22)19(21)14-18/h2-3,14,17H,4-13,15H2,1H3. The summed E-state index contributed by atoms with van der Waals surface area (Å²) in [6.07, 6.45) is 3.67. The molecule has 1 aromatic rings. The van der Waals surface area contributed by atoms with Gasteiger partial charge in [0.2, 0.25) is 0 Å². The third-order valence-corrected chi connectivity index (χ3v) is 5.94. The molecule has 0 radical (unpaired) electrons. The molecule has 2 fully saturated rings. The van der Waals surface area contributed by atoms with Crippen LogP contribution in [0.25, 0.3) is 0 Å². The smallest absolute Gasteiger partial charge is 0.143 e. The lowest BCUT2D eigenvalue weighted by Crippen LogP contribution is -2.47. The van der Waals surface area contributed by atoms with Crippen molar-refractivity contribution in [2.75, 3.05) is 57.3 Å². The number of halogens is 2. The van der Waals surface area contributed by atoms with Crippen LogP contribution in [-0.2, 0) is 4.79 Å². The molecule has 144 valence electrons. The lowest BCUT2D eigenvalue weighted by atomic mass is 9.93. The first-order chi connectivity index (χ1) is 12.5. The van der Waals surface area contributed by atoms with E-state index in [2.05, 4.69) is 14.7 Å². The highest BCUT2D eigenvalue weighted by molar-refractivity contribution is 6.31. The first-order valence-corrected chi connectivity index (χ1v) is 10.0. The second-order valence-electron chi connectivity index (χ2n) is 7.64. The van der Waals surface area contributed by atoms with E-state index in [0.717, 1.165) is 57.4 Å². The second kappa shape index (κ2) is 9.16. The molecule has 0 aliphatic carbocycles. The lowest BCUT2D eigenvalue weighted by molar-refractivity contribution is -0.118. The van der Waals surface area contributed by atoms with Crippen LogP contribution in [0, 0.1) is 11.7 Å². The first kappa shape index (κ1) is 19.6. The van der Waals surface area contributed by atoms with Gasteiger partial charge in [0.15, 0.2) is 0 Å². The number of hydrogen-bond acceptors (Lipinski definition) is 4. The molecule has 2 aliphatic heterocycles. The van der Waals surface area contributed by atoms with E-state index in [1.807, 2.05) is 6.07 Å². The summed E-state index contributed by atoms with van der Waals surface area (Å²) in [5, 5.41) is 0.195. The third-order valence-electron chi connectivity index (χ3n) is 5.65. The number of nitrogens with zero attached hydrogens (tertiary/aromatic N) is 3. The number of Topliss-reactive ketones (excluding diaryl/α,β-unsaturated/α-hetero) is 1. The zero-order chi connectivity index (χ0) is 18.5. The number of benzene rings is 1. The fraction of sp³-hybridized carbons (Fsp3) is 0.650. The minimum Gasteiger partial charge on any atom is -0.369 e. The molecule has 0 spiro atoms. The Bertz CT molecular complexity index is 611. The number of likely N-dealkylation sites (tertiary alicyclic amines) is 1. The Hall–Kier alpha value is -1.17. The summed E-state index contributed by atoms with van der Waals surface area (Å²) in [6, 6.07) is 4.98. The van der Waals surface area contributed by atoms with Crippen LogP contribution in [0.15, 0.2) is 18.2 Å². The van der Waals surface area contributed by atoms with Crippen LogP contribution < -0.4 is 4.90 Å². The van der Waals surface area contributed by atoms with Crippen molar-refractivity contribution in [1.29, 1.82) is 0 Å². The van der Waals surface area contributed by atoms with Crippen molar-refractivity contribution < 1.29 is 9.18 Å². The van der Waals surface area contributed by atoms with Crippen molar-refractivity contribution in [2.24, 2.45) is 5.92 Å². The van der Waals surface area contributed by atoms with Gasteiger partial charge >= 0.3 is 0 Å². The summed E-state index contributed by atoms with van der Waals surface area (Å²) in [5.41, 5.74) is 1.01. The normalized spacial score (nSPS) is 20.5. The molecule has 0 amide bonds. The monoisotopic (exact) mass is 381 g/mol. The predicted molar refractivity (Wildman–Crippen MR) is 105 cm³/mol. The van der Waals surface area contributed by atoms with Gasteiger partial charge < -0.3 is 4.90 Å². The molecule has 1 aromatic carbocycles. The topological polar surface area (TPSA) is 26.8 Å². The van der Waals surface area contributed by atoms with Gasteiger partial charge in [0.1, 0.15) is 11.6 Å². The van der Waals surface area contributed by atoms with Crippen LogP contribution in [0.5, 0.6) is 0 Å². The van der Waals surface area contributed by atoms with Gasteiger partial charge in [-0.2, -0.15) is 0 Å². The molecule has 0 unspecified atom stereocenters. The van der Waals surface area contributed by atoms with Gasteiger partial charge in [0.25, 0.3) is 0 Å². The van der Waals surface area contributed by atoms with Gasteiger partial charge in [-0.3, -0.25) is 14.6 Å². The molecule has 2 aliphatic rings. The summed E-state index contributed by atoms with van der Waals surface area (Å²) in [4.78, 5) is 18.3. The SMILES string of the molecule is CC(=O)CN1CCC(CCN2CCN(c3ccc(F)c(Cl)c3)CC2)CC1. The van der Waals surface area contributed by atoms with Crippen LogP contribution >= 0.6 is 11.6 Å². The van der Waals surface area contributed by atoms with Gasteiger partial charge in [0.05, 0.1) is 11.6 Å². The molecule has 2 heterocycles. The molecular weight excluding hydrogens is 353 g/mol. The first-order valence-electron chi connectivity index (χ1n) is 9.65. The van der Waals surface area contributed by atoms with Crippen LogP contribution in [0.2, 0.25) is 5.02 Å². The van der Waals surface area contributed by atoms with E-state index < -0.39 is 0 Å². The van der Waals surface area contributed by atoms with Crippen molar-refractivity contribution in [3.8, 4) is 0 Å². The van der Waals surface area contributed by atoms with E-state index in [0.29, 0.717) is 6.54 Å². The van der Waals surface area contributed by atoms with Crippen molar-refractivity contribution >= 4 is 23.1 Å². The molecule has 0 bridgehead atoms. The van der Waals surface area contributed by atoms with Gasteiger partial charge in [0, 0.05) is 31.9 Å². The molecule has 0 saturated carbocycles. The van der Waals surface area contributed by atoms with Crippen LogP contribution in [0.4, 0.5) is 10.1 Å². The summed E-state index contributed by atoms with van der Waals surface area (Å²) < 4.78 is 13.3. The van der Waals surface area contributed by atoms with Crippen LogP contribution in [0.3, 0.4) is 0 Å². The Balaban J connectivity index is 1.37. The van der Waals surface area contributed by atoms with Crippen molar-refractivity contribution in [3.05, 3.63) is 29.0 Å². The average molecular weight is 382 g/mol. The number of carbonyl (C=O) groups is 1. The van der Waals surface area contributed by atoms with Gasteiger partial charge in [-0.25, -0.2) is 4.39 Å². The van der Waals surface area contributed by atoms with Crippen molar-refractivity contribution in [1.82, 2.24) is 9.80 Å². The predicted octanol–water partition coefficient (Wildman–Crippen LogP) is 3.29. The number of piperidine rings is 1. The fourth-order valence-electron chi connectivity index (χ4n) is 4.02. The van der Waals surface area contributed by atoms with E-state index in [-0.39, 0.29) is 16.6 Å². The van der Waals surface area contributed by atoms with Crippen LogP contribution in [0.1, 0.15) is 26.2 Å². The molecule has 2 saturated heterocycles. The Morgan fingerprint density at radius 1 is 1.12 bits per heavy atom. The maximum atomic E-state index is 13.3. The summed E-state index contributed by atoms with van der Waals surface area (Å²) >= 11 is 5.90. The zero-order valence-corrected chi connectivity index (χ0v) is 16.3. The highest BCUT2D eigenvalue weighted by Crippen LogP contribution is 2.24. The Morgan fingerprint density at radius 3 is 2.42 bits per heavy atom. The van der Waals surface area contributed by atoms with E-state index in [4.69, 9.17) is 11.6 Å². The number of piperazine rings is 1. The van der Waals surface area contributed by atoms with E-state index in [1.165, 1.54) is 25.3 Å². The second-order valence-corrected chi connectivity index (χ2v) is 8.04. The quantitative estimate of drug-likeness (QED) is 0.755. The van der Waals surface area contributed by atoms with Gasteiger partial charge in [-0.1, -0.05) is 11.6 Å². The third kappa shape index (κ3) is 5.41. The average Bonchev–Trinajstić information content (AvgIpc) is 2.63. The molecular formula is C20H29ClFN3O. The highest BCUT2D eigenvalue weighted by atomic mass is 35.5. The number of anilines is 1. The van der Waals surface area contributed by atoms with E-state index in [1.54, 1.807) is 13.0 Å². The summed E-state index contributed by atoms with van der Waals surface area (Å²) in [5.74, 6) is 0.694. The number of ketones is 1. The van der Waals surface area contributed by atoms with Crippen LogP contribution in [-0.4, -0.2) is 67.9 Å². The van der Waals surface area contributed by atoms with E-state index in [9.17, 15) is 9.18 Å². The Morgan fingerprint density at radius 2 is 1.81 bits per heavy atom. The molecule has 3 rings (SSSR count). The minimum atomic E-state index is -0.358. The van der Waals surface area contributed by atoms with Gasteiger partial charge in [-0.15, -0.1) is 0 Å². The molecule has 0 atom stereocenters. The van der Waals surface area contributed by atoms with Crippen molar-refractivity contribution in [3.63, 3.8) is 0 Å². The Labute approximate surface area is 160 Å². The zero-order valence-electron chi connectivity index (χ0n) is 15.6.